The van der Waals surface area contributed by atoms with E-state index < -0.39 is 0 Å². The van der Waals surface area contributed by atoms with Crippen LogP contribution in [0.5, 0.6) is 0 Å². The lowest BCUT2D eigenvalue weighted by Crippen LogP contribution is -2.28. The van der Waals surface area contributed by atoms with Crippen molar-refractivity contribution in [3.8, 4) is 0 Å². The molecule has 2 fully saturated rings. The van der Waals surface area contributed by atoms with Gasteiger partial charge in [0.1, 0.15) is 0 Å². The first-order chi connectivity index (χ1) is 7.42. The molecular formula is C15H28. The molecule has 2 aliphatic rings. The van der Waals surface area contributed by atoms with E-state index >= 15 is 0 Å². The number of hydrogen-bond acceptors (Lipinski definition) is 0. The summed E-state index contributed by atoms with van der Waals surface area (Å²) in [4.78, 5) is 0. The van der Waals surface area contributed by atoms with Crippen molar-refractivity contribution in [3.63, 3.8) is 0 Å². The van der Waals surface area contributed by atoms with Crippen molar-refractivity contribution in [1.29, 1.82) is 0 Å². The molecule has 0 nitrogen and oxygen atoms in total. The highest BCUT2D eigenvalue weighted by atomic mass is 14.4. The molecule has 0 aromatic heterocycles. The molecule has 88 valence electrons. The molecule has 0 saturated heterocycles. The predicted octanol–water partition coefficient (Wildman–Crippen LogP) is 5.17. The number of hydrogen-bond donors (Lipinski definition) is 0. The average molecular weight is 208 g/mol. The monoisotopic (exact) mass is 208 g/mol. The summed E-state index contributed by atoms with van der Waals surface area (Å²) in [5.74, 6) is 3.35. The summed E-state index contributed by atoms with van der Waals surface area (Å²) in [6.07, 6.45) is 16.8. The van der Waals surface area contributed by atoms with Crippen LogP contribution in [-0.2, 0) is 0 Å². The van der Waals surface area contributed by atoms with E-state index in [9.17, 15) is 0 Å². The van der Waals surface area contributed by atoms with E-state index in [1.165, 1.54) is 44.9 Å². The molecule has 2 aliphatic carbocycles. The maximum atomic E-state index is 2.37. The molecule has 15 heavy (non-hydrogen) atoms. The van der Waals surface area contributed by atoms with E-state index in [1.807, 2.05) is 0 Å². The molecule has 0 N–H and O–H groups in total. The molecule has 2 rings (SSSR count). The van der Waals surface area contributed by atoms with Crippen LogP contribution in [0.2, 0.25) is 0 Å². The van der Waals surface area contributed by atoms with Gasteiger partial charge in [-0.15, -0.1) is 0 Å². The molecule has 0 aromatic rings. The third-order valence-corrected chi connectivity index (χ3v) is 4.88. The molecule has 0 heterocycles. The van der Waals surface area contributed by atoms with Crippen LogP contribution in [0, 0.1) is 17.8 Å². The van der Waals surface area contributed by atoms with Gasteiger partial charge in [0.15, 0.2) is 0 Å². The van der Waals surface area contributed by atoms with Crippen molar-refractivity contribution in [2.45, 2.75) is 77.6 Å². The van der Waals surface area contributed by atoms with Gasteiger partial charge in [0, 0.05) is 0 Å². The Hall–Kier alpha value is 0. The van der Waals surface area contributed by atoms with Gasteiger partial charge in [-0.2, -0.15) is 0 Å². The molecule has 0 unspecified atom stereocenters. The van der Waals surface area contributed by atoms with Crippen LogP contribution in [0.15, 0.2) is 0 Å². The van der Waals surface area contributed by atoms with Gasteiger partial charge in [0.05, 0.1) is 0 Å². The first-order valence-electron chi connectivity index (χ1n) is 7.42. The van der Waals surface area contributed by atoms with Crippen molar-refractivity contribution in [3.05, 3.63) is 0 Å². The molecule has 2 atom stereocenters. The Morgan fingerprint density at radius 1 is 0.800 bits per heavy atom. The molecular weight excluding hydrogens is 180 g/mol. The summed E-state index contributed by atoms with van der Waals surface area (Å²) >= 11 is 0. The third kappa shape index (κ3) is 2.98. The third-order valence-electron chi connectivity index (χ3n) is 4.88. The fourth-order valence-corrected chi connectivity index (χ4v) is 4.15. The van der Waals surface area contributed by atoms with Crippen LogP contribution in [0.4, 0.5) is 0 Å². The fraction of sp³-hybridized carbons (Fsp3) is 1.00. The molecule has 0 spiro atoms. The second-order valence-electron chi connectivity index (χ2n) is 5.90. The van der Waals surface area contributed by atoms with Gasteiger partial charge in [-0.3, -0.25) is 0 Å². The van der Waals surface area contributed by atoms with Gasteiger partial charge in [-0.05, 0) is 24.2 Å². The van der Waals surface area contributed by atoms with Crippen molar-refractivity contribution in [2.24, 2.45) is 17.8 Å². The Kier molecular flexibility index (Phi) is 4.53. The van der Waals surface area contributed by atoms with Crippen LogP contribution in [0.25, 0.3) is 0 Å². The number of rotatable bonds is 3. The van der Waals surface area contributed by atoms with E-state index in [4.69, 9.17) is 0 Å². The molecule has 0 heteroatoms. The van der Waals surface area contributed by atoms with Crippen LogP contribution in [-0.4, -0.2) is 0 Å². The Morgan fingerprint density at radius 3 is 2.20 bits per heavy atom. The van der Waals surface area contributed by atoms with Gasteiger partial charge in [0.25, 0.3) is 0 Å². The lowest BCUT2D eigenvalue weighted by Gasteiger charge is -2.39. The Balaban J connectivity index is 1.90. The first-order valence-corrected chi connectivity index (χ1v) is 7.42. The molecule has 0 bridgehead atoms. The molecule has 2 saturated carbocycles. The second kappa shape index (κ2) is 5.92. The topological polar surface area (TPSA) is 0 Å². The molecule has 0 aliphatic heterocycles. The SMILES string of the molecule is CCC[C@@H]1CCCC[C@@H]1C1CCCCC1. The standard InChI is InChI=1S/C15H28/c1-2-8-13-11-6-7-12-15(13)14-9-4-3-5-10-14/h13-15H,2-12H2,1H3/t13-,15+/m1/s1. The first kappa shape index (κ1) is 11.5. The van der Waals surface area contributed by atoms with E-state index in [1.54, 1.807) is 25.7 Å². The largest absolute Gasteiger partial charge is 0.0654 e. The van der Waals surface area contributed by atoms with Gasteiger partial charge >= 0.3 is 0 Å². The minimum Gasteiger partial charge on any atom is -0.0654 e. The average Bonchev–Trinajstić information content (AvgIpc) is 2.31. The van der Waals surface area contributed by atoms with Gasteiger partial charge in [-0.1, -0.05) is 71.1 Å². The highest BCUT2D eigenvalue weighted by Gasteiger charge is 2.31. The van der Waals surface area contributed by atoms with Crippen LogP contribution in [0.3, 0.4) is 0 Å². The summed E-state index contributed by atoms with van der Waals surface area (Å²) in [6.45, 7) is 2.37. The minimum atomic E-state index is 1.10. The van der Waals surface area contributed by atoms with E-state index in [2.05, 4.69) is 6.92 Å². The highest BCUT2D eigenvalue weighted by Crippen LogP contribution is 2.43. The maximum Gasteiger partial charge on any atom is -0.0357 e. The van der Waals surface area contributed by atoms with E-state index in [0.717, 1.165) is 17.8 Å². The molecule has 0 radical (unpaired) electrons. The molecule has 0 amide bonds. The Morgan fingerprint density at radius 2 is 1.47 bits per heavy atom. The lowest BCUT2D eigenvalue weighted by atomic mass is 9.67. The van der Waals surface area contributed by atoms with Crippen LogP contribution < -0.4 is 0 Å². The van der Waals surface area contributed by atoms with E-state index in [0.29, 0.717) is 0 Å². The Bertz CT molecular complexity index is 154. The summed E-state index contributed by atoms with van der Waals surface area (Å²) < 4.78 is 0. The zero-order valence-electron chi connectivity index (χ0n) is 10.5. The zero-order valence-corrected chi connectivity index (χ0v) is 10.5. The van der Waals surface area contributed by atoms with Crippen LogP contribution in [0.1, 0.15) is 77.6 Å². The normalized spacial score (nSPS) is 34.2. The smallest absolute Gasteiger partial charge is 0.0357 e. The van der Waals surface area contributed by atoms with Crippen molar-refractivity contribution >= 4 is 0 Å². The van der Waals surface area contributed by atoms with Crippen molar-refractivity contribution in [1.82, 2.24) is 0 Å². The van der Waals surface area contributed by atoms with Gasteiger partial charge < -0.3 is 0 Å². The highest BCUT2D eigenvalue weighted by molar-refractivity contribution is 4.82. The van der Waals surface area contributed by atoms with Crippen molar-refractivity contribution in [2.75, 3.05) is 0 Å². The summed E-state index contributed by atoms with van der Waals surface area (Å²) in [5, 5.41) is 0. The lowest BCUT2D eigenvalue weighted by molar-refractivity contribution is 0.121. The second-order valence-corrected chi connectivity index (χ2v) is 5.90. The quantitative estimate of drug-likeness (QED) is 0.600. The zero-order chi connectivity index (χ0) is 10.5. The summed E-state index contributed by atoms with van der Waals surface area (Å²) in [7, 11) is 0. The summed E-state index contributed by atoms with van der Waals surface area (Å²) in [6, 6.07) is 0. The molecule has 0 aromatic carbocycles. The maximum absolute atomic E-state index is 2.37. The van der Waals surface area contributed by atoms with Crippen LogP contribution >= 0.6 is 0 Å². The van der Waals surface area contributed by atoms with Crippen molar-refractivity contribution < 1.29 is 0 Å². The fourth-order valence-electron chi connectivity index (χ4n) is 4.15. The van der Waals surface area contributed by atoms with Gasteiger partial charge in [0.2, 0.25) is 0 Å². The Labute approximate surface area is 95.8 Å². The predicted molar refractivity (Wildman–Crippen MR) is 66.9 cm³/mol. The van der Waals surface area contributed by atoms with Gasteiger partial charge in [-0.25, -0.2) is 0 Å². The summed E-state index contributed by atoms with van der Waals surface area (Å²) in [5.41, 5.74) is 0. The van der Waals surface area contributed by atoms with E-state index in [-0.39, 0.29) is 0 Å². The minimum absolute atomic E-state index is 1.10.